The third-order valence-electron chi connectivity index (χ3n) is 4.31. The largest absolute Gasteiger partial charge is 0.386 e. The Labute approximate surface area is 144 Å². The van der Waals surface area contributed by atoms with Crippen molar-refractivity contribution in [1.82, 2.24) is 15.2 Å². The molecule has 130 valence electrons. The van der Waals surface area contributed by atoms with Crippen LogP contribution < -0.4 is 10.6 Å². The molecule has 1 aliphatic rings. The van der Waals surface area contributed by atoms with E-state index in [0.29, 0.717) is 16.8 Å². The Balaban J connectivity index is 1.81. The number of hydrogen-bond acceptors (Lipinski definition) is 3. The van der Waals surface area contributed by atoms with Crippen LogP contribution in [-0.4, -0.2) is 29.0 Å². The molecule has 0 saturated heterocycles. The van der Waals surface area contributed by atoms with Gasteiger partial charge in [-0.25, -0.2) is 13.6 Å². The topological polar surface area (TPSA) is 57.3 Å². The molecule has 1 aromatic carbocycles. The lowest BCUT2D eigenvalue weighted by Crippen LogP contribution is -2.40. The van der Waals surface area contributed by atoms with E-state index in [1.54, 1.807) is 43.8 Å². The molecular weight excluding hydrogens is 326 g/mol. The van der Waals surface area contributed by atoms with Gasteiger partial charge in [-0.1, -0.05) is 6.07 Å². The summed E-state index contributed by atoms with van der Waals surface area (Å²) in [7, 11) is 1.64. The number of benzene rings is 1. The van der Waals surface area contributed by atoms with Crippen LogP contribution in [0.2, 0.25) is 0 Å². The Kier molecular flexibility index (Phi) is 4.65. The molecule has 0 saturated carbocycles. The minimum absolute atomic E-state index is 0.209. The maximum Gasteiger partial charge on any atom is 0.322 e. The molecule has 0 aliphatic carbocycles. The van der Waals surface area contributed by atoms with E-state index in [0.717, 1.165) is 6.07 Å². The average molecular weight is 344 g/mol. The molecule has 0 spiro atoms. The minimum Gasteiger partial charge on any atom is -0.386 e. The first-order chi connectivity index (χ1) is 12.0. The zero-order chi connectivity index (χ0) is 18.0. The van der Waals surface area contributed by atoms with Gasteiger partial charge in [-0.15, -0.1) is 0 Å². The third-order valence-corrected chi connectivity index (χ3v) is 4.31. The number of amides is 2. The summed E-state index contributed by atoms with van der Waals surface area (Å²) in [6.07, 6.45) is 4.90. The Morgan fingerprint density at radius 1 is 1.36 bits per heavy atom. The second kappa shape index (κ2) is 6.88. The van der Waals surface area contributed by atoms with Gasteiger partial charge in [0.15, 0.2) is 11.6 Å². The fourth-order valence-corrected chi connectivity index (χ4v) is 2.76. The predicted octanol–water partition coefficient (Wildman–Crippen LogP) is 3.36. The molecule has 2 amide bonds. The van der Waals surface area contributed by atoms with Gasteiger partial charge in [0.05, 0.1) is 17.9 Å². The first-order valence-corrected chi connectivity index (χ1v) is 7.83. The van der Waals surface area contributed by atoms with Crippen LogP contribution in [0.25, 0.3) is 5.57 Å². The summed E-state index contributed by atoms with van der Waals surface area (Å²) in [6.45, 7) is 2.04. The molecule has 1 atom stereocenters. The number of likely N-dealkylation sites (N-methyl/N-ethyl adjacent to an activating group) is 1. The maximum atomic E-state index is 14.0. The second-order valence-electron chi connectivity index (χ2n) is 5.83. The fraction of sp³-hybridized carbons (Fsp3) is 0.222. The van der Waals surface area contributed by atoms with Crippen molar-refractivity contribution in [1.29, 1.82) is 0 Å². The molecular formula is C18H18F2N4O. The van der Waals surface area contributed by atoms with Crippen molar-refractivity contribution in [2.45, 2.75) is 19.5 Å². The van der Waals surface area contributed by atoms with Crippen LogP contribution in [0, 0.1) is 11.6 Å². The van der Waals surface area contributed by atoms with Gasteiger partial charge in [-0.05, 0) is 36.3 Å². The molecule has 2 N–H and O–H groups in total. The SMILES string of the molecule is CC(C1=CNCc2c1ccc(F)c2F)N(C)C(=O)Nc1cccnc1. The Bertz CT molecular complexity index is 823. The summed E-state index contributed by atoms with van der Waals surface area (Å²) in [6, 6.07) is 5.43. The molecule has 1 aliphatic heterocycles. The zero-order valence-corrected chi connectivity index (χ0v) is 13.9. The number of carbonyl (C=O) groups excluding carboxylic acids is 1. The number of halogens is 2. The molecule has 3 rings (SSSR count). The number of hydrogen-bond donors (Lipinski definition) is 2. The Morgan fingerprint density at radius 2 is 2.16 bits per heavy atom. The number of urea groups is 1. The lowest BCUT2D eigenvalue weighted by atomic mass is 9.92. The van der Waals surface area contributed by atoms with E-state index in [-0.39, 0.29) is 24.2 Å². The monoisotopic (exact) mass is 344 g/mol. The van der Waals surface area contributed by atoms with Gasteiger partial charge in [-0.3, -0.25) is 4.98 Å². The second-order valence-corrected chi connectivity index (χ2v) is 5.83. The standard InChI is InChI=1S/C18H18F2N4O/c1-11(24(2)18(25)23-12-4-3-7-21-8-12)14-9-22-10-15-13(14)5-6-16(19)17(15)20/h3-9,11,22H,10H2,1-2H3,(H,23,25). The normalized spacial score (nSPS) is 14.0. The zero-order valence-electron chi connectivity index (χ0n) is 13.9. The number of pyridine rings is 1. The van der Waals surface area contributed by atoms with Crippen molar-refractivity contribution in [3.63, 3.8) is 0 Å². The number of aromatic nitrogens is 1. The first kappa shape index (κ1) is 16.9. The van der Waals surface area contributed by atoms with E-state index in [2.05, 4.69) is 15.6 Å². The molecule has 25 heavy (non-hydrogen) atoms. The highest BCUT2D eigenvalue weighted by atomic mass is 19.2. The van der Waals surface area contributed by atoms with Crippen molar-refractivity contribution in [2.75, 3.05) is 12.4 Å². The van der Waals surface area contributed by atoms with E-state index in [4.69, 9.17) is 0 Å². The van der Waals surface area contributed by atoms with Crippen LogP contribution >= 0.6 is 0 Å². The highest BCUT2D eigenvalue weighted by Gasteiger charge is 2.26. The van der Waals surface area contributed by atoms with E-state index in [1.807, 2.05) is 6.92 Å². The van der Waals surface area contributed by atoms with Crippen molar-refractivity contribution in [2.24, 2.45) is 0 Å². The van der Waals surface area contributed by atoms with E-state index < -0.39 is 11.6 Å². The van der Waals surface area contributed by atoms with Gasteiger partial charge in [-0.2, -0.15) is 0 Å². The van der Waals surface area contributed by atoms with E-state index >= 15 is 0 Å². The summed E-state index contributed by atoms with van der Waals surface area (Å²) in [5, 5.41) is 5.70. The smallest absolute Gasteiger partial charge is 0.322 e. The summed E-state index contributed by atoms with van der Waals surface area (Å²) >= 11 is 0. The molecule has 2 aromatic rings. The quantitative estimate of drug-likeness (QED) is 0.898. The first-order valence-electron chi connectivity index (χ1n) is 7.83. The summed E-state index contributed by atoms with van der Waals surface area (Å²) in [5.41, 5.74) is 2.16. The maximum absolute atomic E-state index is 14.0. The van der Waals surface area contributed by atoms with Crippen molar-refractivity contribution in [3.05, 3.63) is 65.6 Å². The molecule has 1 aromatic heterocycles. The number of carbonyl (C=O) groups is 1. The molecule has 2 heterocycles. The number of rotatable bonds is 3. The van der Waals surface area contributed by atoms with Crippen molar-refractivity contribution < 1.29 is 13.6 Å². The lowest BCUT2D eigenvalue weighted by Gasteiger charge is -2.30. The fourth-order valence-electron chi connectivity index (χ4n) is 2.76. The van der Waals surface area contributed by atoms with Crippen LogP contribution in [-0.2, 0) is 6.54 Å². The van der Waals surface area contributed by atoms with Crippen molar-refractivity contribution >= 4 is 17.3 Å². The highest BCUT2D eigenvalue weighted by molar-refractivity contribution is 5.90. The van der Waals surface area contributed by atoms with Gasteiger partial charge in [0.2, 0.25) is 0 Å². The number of fused-ring (bicyclic) bond motifs is 1. The summed E-state index contributed by atoms with van der Waals surface area (Å²) < 4.78 is 27.5. The highest BCUT2D eigenvalue weighted by Crippen LogP contribution is 2.30. The third kappa shape index (κ3) is 3.31. The average Bonchev–Trinajstić information content (AvgIpc) is 2.64. The Morgan fingerprint density at radius 3 is 2.88 bits per heavy atom. The number of nitrogens with zero attached hydrogens (tertiary/aromatic N) is 2. The Hall–Kier alpha value is -2.96. The van der Waals surface area contributed by atoms with E-state index in [1.165, 1.54) is 4.90 Å². The van der Waals surface area contributed by atoms with Gasteiger partial charge in [0.1, 0.15) is 0 Å². The minimum atomic E-state index is -0.878. The van der Waals surface area contributed by atoms with Crippen LogP contribution in [0.1, 0.15) is 18.1 Å². The van der Waals surface area contributed by atoms with Gasteiger partial charge < -0.3 is 15.5 Å². The van der Waals surface area contributed by atoms with Gasteiger partial charge in [0, 0.05) is 31.6 Å². The number of anilines is 1. The lowest BCUT2D eigenvalue weighted by molar-refractivity contribution is 0.217. The molecule has 1 unspecified atom stereocenters. The van der Waals surface area contributed by atoms with Gasteiger partial charge in [0.25, 0.3) is 0 Å². The van der Waals surface area contributed by atoms with Crippen LogP contribution in [0.4, 0.5) is 19.3 Å². The predicted molar refractivity (Wildman–Crippen MR) is 91.7 cm³/mol. The molecule has 0 fully saturated rings. The number of nitrogens with one attached hydrogen (secondary N) is 2. The summed E-state index contributed by atoms with van der Waals surface area (Å²) in [4.78, 5) is 17.9. The van der Waals surface area contributed by atoms with Crippen LogP contribution in [0.3, 0.4) is 0 Å². The van der Waals surface area contributed by atoms with Gasteiger partial charge >= 0.3 is 6.03 Å². The van der Waals surface area contributed by atoms with Crippen LogP contribution in [0.15, 0.2) is 42.9 Å². The summed E-state index contributed by atoms with van der Waals surface area (Å²) in [5.74, 6) is -1.73. The molecule has 5 nitrogen and oxygen atoms in total. The molecule has 0 bridgehead atoms. The van der Waals surface area contributed by atoms with E-state index in [9.17, 15) is 13.6 Å². The molecule has 7 heteroatoms. The van der Waals surface area contributed by atoms with Crippen molar-refractivity contribution in [3.8, 4) is 0 Å². The molecule has 0 radical (unpaired) electrons. The van der Waals surface area contributed by atoms with Crippen LogP contribution in [0.5, 0.6) is 0 Å².